The van der Waals surface area contributed by atoms with E-state index in [4.69, 9.17) is 13.9 Å². The number of hydrogen-bond donors (Lipinski definition) is 1. The number of carbonyl (C=O) groups excluding carboxylic acids is 2. The van der Waals surface area contributed by atoms with Crippen LogP contribution in [0.25, 0.3) is 11.5 Å². The molecule has 23 heteroatoms. The Balaban J connectivity index is 0.000000212. The summed E-state index contributed by atoms with van der Waals surface area (Å²) in [5.41, 5.74) is 1.56. The molecule has 1 saturated carbocycles. The highest BCUT2D eigenvalue weighted by Gasteiger charge is 2.85. The number of aliphatic carboxylic acids is 1. The number of fused-ring (bicyclic) bond motifs is 1. The summed E-state index contributed by atoms with van der Waals surface area (Å²) in [7, 11) is -8.91. The molecule has 4 fully saturated rings. The number of aromatic nitrogens is 1. The number of carbonyl (C=O) groups is 3. The molecule has 1 N–H and O–H groups in total. The first-order valence-corrected chi connectivity index (χ1v) is 25.7. The number of hydrogen-bond acceptors (Lipinski definition) is 12. The number of Topliss-reactive ketones (excluding diaryl/α,β-unsaturated/α-hetero) is 1. The largest absolute Gasteiger partial charge is 0.493 e. The maximum Gasteiger partial charge on any atom is 0.415 e. The van der Waals surface area contributed by atoms with Crippen LogP contribution in [0.2, 0.25) is 0 Å². The van der Waals surface area contributed by atoms with Crippen LogP contribution in [-0.2, 0) is 46.1 Å². The fourth-order valence-corrected chi connectivity index (χ4v) is 14.9. The molecule has 4 aromatic rings. The van der Waals surface area contributed by atoms with E-state index in [1.807, 2.05) is 81.4 Å². The first-order chi connectivity index (χ1) is 32.7. The number of halogens is 6. The number of nitrogens with zero attached hydrogens (tertiary/aromatic N) is 3. The van der Waals surface area contributed by atoms with Crippen LogP contribution in [0.15, 0.2) is 89.3 Å². The number of carboxylic acid groups (broad SMARTS) is 1. The standard InChI is InChI=1S/C31H30N2O6.C16H23F6NO6PS/c1-21-28(32-29(38-21)23-10-4-2-5-11-23)15-16-37-26-14-8-9-22(18-26)17-24-19-33(20-27(24)30(34)35)31(36)39-25-12-6-3-7-13-25;1-13(2)11-3-4-14(13)10-31(26,27)23(14,5-11)6-12(24)7-30(25,28-8-15(17,18)19)29-9-16(20,21)22/h2-14,18,24,27H,15-17,19-20H2,1H3,(H,34,35);11H,3-10H2,1-2H3/q;+1/t24-,27?;11?,14-,23?/m11/s1. The highest BCUT2D eigenvalue weighted by atomic mass is 32.2. The molecule has 3 aliphatic heterocycles. The SMILES string of the molecule is CC1(C)C2CC[C@@]13CS(=O)(=O)[N+]3(CC(=O)CP(=O)(OCC(F)(F)F)OCC(F)(F)F)C2.Cc1oc(-c2ccccc2)nc1CCOc1cccc(C[C@@H]2CN(C(=O)Oc3ccccc3)CC2C(=O)O)c1. The lowest BCUT2D eigenvalue weighted by molar-refractivity contribution is -0.867. The zero-order valence-electron chi connectivity index (χ0n) is 38.4. The maximum absolute atomic E-state index is 12.7. The summed E-state index contributed by atoms with van der Waals surface area (Å²) in [6.45, 7) is 1.61. The van der Waals surface area contributed by atoms with Crippen LogP contribution in [0.3, 0.4) is 0 Å². The van der Waals surface area contributed by atoms with Gasteiger partial charge in [0.25, 0.3) is 0 Å². The van der Waals surface area contributed by atoms with Crippen LogP contribution in [-0.4, -0.2) is 121 Å². The molecule has 2 bridgehead atoms. The Labute approximate surface area is 400 Å². The highest BCUT2D eigenvalue weighted by Crippen LogP contribution is 2.69. The number of benzene rings is 3. The fourth-order valence-electron chi connectivity index (χ4n) is 10.4. The van der Waals surface area contributed by atoms with Crippen molar-refractivity contribution in [3.63, 3.8) is 0 Å². The summed E-state index contributed by atoms with van der Waals surface area (Å²) in [6.07, 6.45) is -9.57. The molecular formula is C47H53F6N3O12PS+. The number of piperidine rings is 1. The number of para-hydroxylation sites is 1. The summed E-state index contributed by atoms with van der Waals surface area (Å²) in [5.74, 6) is -0.585. The van der Waals surface area contributed by atoms with Crippen molar-refractivity contribution in [3.8, 4) is 23.0 Å². The fraction of sp³-hybridized carbons (Fsp3) is 0.489. The number of likely N-dealkylation sites (tertiary alicyclic amines) is 1. The molecule has 1 aliphatic carbocycles. The second-order valence-corrected chi connectivity index (χ2v) is 22.9. The minimum Gasteiger partial charge on any atom is -0.493 e. The van der Waals surface area contributed by atoms with Crippen LogP contribution in [0, 0.1) is 30.1 Å². The Hall–Kier alpha value is -5.28. The summed E-state index contributed by atoms with van der Waals surface area (Å²) in [5, 5.41) is 9.81. The second-order valence-electron chi connectivity index (χ2n) is 18.7. The summed E-state index contributed by atoms with van der Waals surface area (Å²) < 4.78 is 137. The number of ketones is 1. The highest BCUT2D eigenvalue weighted by molar-refractivity contribution is 7.87. The van der Waals surface area contributed by atoms with Crippen molar-refractivity contribution >= 4 is 35.5 Å². The van der Waals surface area contributed by atoms with Gasteiger partial charge in [-0.15, -0.1) is 0 Å². The van der Waals surface area contributed by atoms with Gasteiger partial charge in [-0.1, -0.05) is 62.4 Å². The molecule has 8 rings (SSSR count). The molecular weight excluding hydrogens is 976 g/mol. The predicted molar refractivity (Wildman–Crippen MR) is 239 cm³/mol. The monoisotopic (exact) mass is 1030 g/mol. The van der Waals surface area contributed by atoms with Crippen LogP contribution < -0.4 is 9.47 Å². The lowest BCUT2D eigenvalue weighted by Gasteiger charge is -2.58. The Morgan fingerprint density at radius 3 is 2.13 bits per heavy atom. The molecule has 4 aliphatic rings. The Kier molecular flexibility index (Phi) is 15.1. The first-order valence-electron chi connectivity index (χ1n) is 22.4. The minimum absolute atomic E-state index is 0.00709. The molecule has 1 amide bonds. The average molecular weight is 1030 g/mol. The van der Waals surface area contributed by atoms with Crippen molar-refractivity contribution in [2.24, 2.45) is 23.2 Å². The molecule has 3 aromatic carbocycles. The maximum atomic E-state index is 12.7. The molecule has 5 atom stereocenters. The van der Waals surface area contributed by atoms with Crippen molar-refractivity contribution in [2.45, 2.75) is 64.3 Å². The number of rotatable bonds is 17. The number of alkyl halides is 6. The number of sulfonamides is 1. The van der Waals surface area contributed by atoms with Crippen LogP contribution in [0.1, 0.15) is 43.7 Å². The Morgan fingerprint density at radius 2 is 1.54 bits per heavy atom. The summed E-state index contributed by atoms with van der Waals surface area (Å²) in [4.78, 5) is 43.4. The number of carboxylic acids is 1. The normalized spacial score (nSPS) is 24.2. The third-order valence-corrected chi connectivity index (χ3v) is 18.2. The van der Waals surface area contributed by atoms with Crippen LogP contribution in [0.5, 0.6) is 11.5 Å². The molecule has 1 spiro atoms. The zero-order chi connectivity index (χ0) is 50.9. The average Bonchev–Trinajstić information content (AvgIpc) is 3.99. The van der Waals surface area contributed by atoms with Crippen LogP contribution in [0.4, 0.5) is 31.1 Å². The van der Waals surface area contributed by atoms with E-state index < -0.39 is 94.5 Å². The van der Waals surface area contributed by atoms with Crippen molar-refractivity contribution in [2.75, 3.05) is 57.9 Å². The molecule has 1 aromatic heterocycles. The smallest absolute Gasteiger partial charge is 0.415 e. The topological polar surface area (TPSA) is 189 Å². The quantitative estimate of drug-likeness (QED) is 0.0600. The molecule has 3 unspecified atom stereocenters. The van der Waals surface area contributed by atoms with E-state index in [2.05, 4.69) is 14.0 Å². The Morgan fingerprint density at radius 1 is 0.914 bits per heavy atom. The van der Waals surface area contributed by atoms with Gasteiger partial charge in [0.15, 0.2) is 31.3 Å². The van der Waals surface area contributed by atoms with Gasteiger partial charge in [0.2, 0.25) is 5.89 Å². The molecule has 0 radical (unpaired) electrons. The lowest BCUT2D eigenvalue weighted by Crippen LogP contribution is -2.80. The minimum atomic E-state index is -5.14. The Bertz CT molecular complexity index is 2680. The van der Waals surface area contributed by atoms with Crippen LogP contribution >= 0.6 is 7.60 Å². The van der Waals surface area contributed by atoms with Crippen molar-refractivity contribution in [1.82, 2.24) is 9.88 Å². The van der Waals surface area contributed by atoms with E-state index in [-0.39, 0.29) is 30.7 Å². The van der Waals surface area contributed by atoms with Gasteiger partial charge in [0.1, 0.15) is 29.0 Å². The van der Waals surface area contributed by atoms with Gasteiger partial charge in [-0.05, 0) is 67.6 Å². The first kappa shape index (κ1) is 52.5. The van der Waals surface area contributed by atoms with Crippen molar-refractivity contribution in [3.05, 3.63) is 102 Å². The van der Waals surface area contributed by atoms with Crippen molar-refractivity contribution in [1.29, 1.82) is 0 Å². The van der Waals surface area contributed by atoms with E-state index in [1.165, 1.54) is 4.90 Å². The number of amides is 1. The van der Waals surface area contributed by atoms with E-state index in [0.717, 1.165) is 29.0 Å². The van der Waals surface area contributed by atoms with Gasteiger partial charge in [0.05, 0.1) is 24.8 Å². The second kappa shape index (κ2) is 20.1. The zero-order valence-corrected chi connectivity index (χ0v) is 40.1. The van der Waals surface area contributed by atoms with Gasteiger partial charge < -0.3 is 23.9 Å². The molecule has 15 nitrogen and oxygen atoms in total. The van der Waals surface area contributed by atoms with Gasteiger partial charge in [-0.2, -0.15) is 34.8 Å². The van der Waals surface area contributed by atoms with E-state index in [9.17, 15) is 58.8 Å². The van der Waals surface area contributed by atoms with Gasteiger partial charge >= 0.3 is 42.0 Å². The summed E-state index contributed by atoms with van der Waals surface area (Å²) in [6, 6.07) is 26.2. The molecule has 70 heavy (non-hydrogen) atoms. The number of ether oxygens (including phenoxy) is 2. The third kappa shape index (κ3) is 11.4. The molecule has 3 saturated heterocycles. The lowest BCUT2D eigenvalue weighted by atomic mass is 9.74. The molecule has 380 valence electrons. The van der Waals surface area contributed by atoms with Crippen molar-refractivity contribution < 1.29 is 85.6 Å². The van der Waals surface area contributed by atoms with Gasteiger partial charge in [0, 0.05) is 42.8 Å². The predicted octanol–water partition coefficient (Wildman–Crippen LogP) is 8.90. The summed E-state index contributed by atoms with van der Waals surface area (Å²) >= 11 is 0. The van der Waals surface area contributed by atoms with E-state index >= 15 is 0 Å². The van der Waals surface area contributed by atoms with Gasteiger partial charge in [-0.25, -0.2) is 13.7 Å². The van der Waals surface area contributed by atoms with E-state index in [0.29, 0.717) is 49.8 Å². The van der Waals surface area contributed by atoms with Gasteiger partial charge in [-0.3, -0.25) is 23.2 Å². The number of oxazole rings is 1. The molecule has 4 heterocycles. The number of quaternary nitrogens is 1. The number of aryl methyl sites for hydroxylation is 1. The third-order valence-electron chi connectivity index (χ3n) is 13.9. The van der Waals surface area contributed by atoms with E-state index in [1.54, 1.807) is 24.3 Å².